The second-order valence-corrected chi connectivity index (χ2v) is 4.04. The molecule has 4 heteroatoms. The Balaban J connectivity index is 1.95. The number of cyclic esters (lactones) is 2. The van der Waals surface area contributed by atoms with Crippen molar-refractivity contribution >= 4 is 11.9 Å². The topological polar surface area (TPSA) is 52.6 Å². The lowest BCUT2D eigenvalue weighted by molar-refractivity contribution is -0.154. The molecule has 2 aliphatic heterocycles. The van der Waals surface area contributed by atoms with Gasteiger partial charge in [-0.25, -0.2) is 0 Å². The van der Waals surface area contributed by atoms with Crippen molar-refractivity contribution in [3.8, 4) is 0 Å². The van der Waals surface area contributed by atoms with Gasteiger partial charge in [0.2, 0.25) is 0 Å². The maximum absolute atomic E-state index is 11.5. The van der Waals surface area contributed by atoms with Crippen molar-refractivity contribution in [1.29, 1.82) is 0 Å². The van der Waals surface area contributed by atoms with Gasteiger partial charge in [0, 0.05) is 0 Å². The third-order valence-electron chi connectivity index (χ3n) is 3.11. The van der Waals surface area contributed by atoms with Crippen molar-refractivity contribution in [3.05, 3.63) is 35.9 Å². The zero-order valence-corrected chi connectivity index (χ0v) is 8.46. The zero-order valence-electron chi connectivity index (χ0n) is 8.46. The first kappa shape index (κ1) is 9.39. The van der Waals surface area contributed by atoms with E-state index in [9.17, 15) is 9.59 Å². The van der Waals surface area contributed by atoms with Gasteiger partial charge in [-0.15, -0.1) is 0 Å². The van der Waals surface area contributed by atoms with Crippen molar-refractivity contribution in [2.45, 2.75) is 6.10 Å². The smallest absolute Gasteiger partial charge is 0.321 e. The molecule has 0 aromatic heterocycles. The molecule has 0 radical (unpaired) electrons. The number of esters is 2. The predicted octanol–water partition coefficient (Wildman–Crippen LogP) is 1.07. The number of rotatable bonds is 1. The number of benzene rings is 1. The molecule has 4 nitrogen and oxygen atoms in total. The largest absolute Gasteiger partial charge is 0.465 e. The van der Waals surface area contributed by atoms with Crippen LogP contribution in [0.4, 0.5) is 0 Å². The standard InChI is InChI=1S/C12H10O4/c13-11-9-8(6-15-11)10(16-12(9)14)7-4-2-1-3-5-7/h1-5,8-10H,6H2/t8-,9-,10+/m0/s1. The predicted molar refractivity (Wildman–Crippen MR) is 53.2 cm³/mol. The molecule has 2 fully saturated rings. The summed E-state index contributed by atoms with van der Waals surface area (Å²) in [7, 11) is 0. The van der Waals surface area contributed by atoms with Gasteiger partial charge in [-0.1, -0.05) is 30.3 Å². The van der Waals surface area contributed by atoms with E-state index in [4.69, 9.17) is 9.47 Å². The molecule has 1 aromatic carbocycles. The van der Waals surface area contributed by atoms with E-state index >= 15 is 0 Å². The molecular weight excluding hydrogens is 208 g/mol. The van der Waals surface area contributed by atoms with Gasteiger partial charge in [0.25, 0.3) is 0 Å². The molecule has 0 amide bonds. The van der Waals surface area contributed by atoms with E-state index in [0.717, 1.165) is 5.56 Å². The number of carbonyl (C=O) groups is 2. The quantitative estimate of drug-likeness (QED) is 0.522. The van der Waals surface area contributed by atoms with Crippen LogP contribution in [0.25, 0.3) is 0 Å². The maximum Gasteiger partial charge on any atom is 0.321 e. The molecule has 1 aromatic rings. The molecule has 3 atom stereocenters. The highest BCUT2D eigenvalue weighted by Gasteiger charge is 2.54. The van der Waals surface area contributed by atoms with E-state index in [-0.39, 0.29) is 18.6 Å². The van der Waals surface area contributed by atoms with Crippen molar-refractivity contribution < 1.29 is 19.1 Å². The highest BCUT2D eigenvalue weighted by Crippen LogP contribution is 2.43. The number of carbonyl (C=O) groups excluding carboxylic acids is 2. The van der Waals surface area contributed by atoms with Crippen molar-refractivity contribution in [3.63, 3.8) is 0 Å². The highest BCUT2D eigenvalue weighted by atomic mass is 16.6. The lowest BCUT2D eigenvalue weighted by Gasteiger charge is -2.14. The van der Waals surface area contributed by atoms with Gasteiger partial charge in [-0.05, 0) is 5.56 Å². The summed E-state index contributed by atoms with van der Waals surface area (Å²) >= 11 is 0. The first-order valence-electron chi connectivity index (χ1n) is 5.19. The van der Waals surface area contributed by atoms with Gasteiger partial charge in [-0.2, -0.15) is 0 Å². The molecule has 3 rings (SSSR count). The van der Waals surface area contributed by atoms with Crippen LogP contribution in [-0.4, -0.2) is 18.5 Å². The van der Waals surface area contributed by atoms with Gasteiger partial charge in [0.1, 0.15) is 6.10 Å². The van der Waals surface area contributed by atoms with Gasteiger partial charge < -0.3 is 9.47 Å². The van der Waals surface area contributed by atoms with Crippen LogP contribution < -0.4 is 0 Å². The van der Waals surface area contributed by atoms with Crippen LogP contribution >= 0.6 is 0 Å². The fourth-order valence-corrected chi connectivity index (χ4v) is 2.32. The van der Waals surface area contributed by atoms with Gasteiger partial charge >= 0.3 is 11.9 Å². The minimum Gasteiger partial charge on any atom is -0.465 e. The van der Waals surface area contributed by atoms with E-state index in [1.165, 1.54) is 0 Å². The van der Waals surface area contributed by atoms with Crippen LogP contribution in [0.3, 0.4) is 0 Å². The lowest BCUT2D eigenvalue weighted by atomic mass is 9.90. The molecule has 2 aliphatic rings. The molecule has 82 valence electrons. The molecule has 2 saturated heterocycles. The van der Waals surface area contributed by atoms with Crippen LogP contribution in [0.5, 0.6) is 0 Å². The average molecular weight is 218 g/mol. The van der Waals surface area contributed by atoms with Crippen LogP contribution in [0.1, 0.15) is 11.7 Å². The summed E-state index contributed by atoms with van der Waals surface area (Å²) in [6, 6.07) is 9.45. The number of fused-ring (bicyclic) bond motifs is 1. The third-order valence-corrected chi connectivity index (χ3v) is 3.11. The summed E-state index contributed by atoms with van der Waals surface area (Å²) in [6.07, 6.45) is -0.342. The molecule has 0 spiro atoms. The average Bonchev–Trinajstić information content (AvgIpc) is 2.83. The van der Waals surface area contributed by atoms with Crippen LogP contribution in [0.2, 0.25) is 0 Å². The Hall–Kier alpha value is -1.84. The fourth-order valence-electron chi connectivity index (χ4n) is 2.32. The molecular formula is C12H10O4. The first-order valence-corrected chi connectivity index (χ1v) is 5.19. The summed E-state index contributed by atoms with van der Waals surface area (Å²) in [6.45, 7) is 0.273. The minimum absolute atomic E-state index is 0.164. The Morgan fingerprint density at radius 3 is 2.56 bits per heavy atom. The molecule has 0 unspecified atom stereocenters. The Morgan fingerprint density at radius 1 is 1.06 bits per heavy atom. The first-order chi connectivity index (χ1) is 7.77. The number of hydrogen-bond donors (Lipinski definition) is 0. The lowest BCUT2D eigenvalue weighted by Crippen LogP contribution is -2.18. The van der Waals surface area contributed by atoms with Gasteiger partial charge in [0.05, 0.1) is 12.5 Å². The number of hydrogen-bond acceptors (Lipinski definition) is 4. The van der Waals surface area contributed by atoms with E-state index in [0.29, 0.717) is 0 Å². The summed E-state index contributed by atoms with van der Waals surface area (Å²) in [5.41, 5.74) is 0.918. The van der Waals surface area contributed by atoms with Gasteiger partial charge in [0.15, 0.2) is 5.92 Å². The molecule has 0 bridgehead atoms. The molecule has 0 aliphatic carbocycles. The van der Waals surface area contributed by atoms with E-state index in [2.05, 4.69) is 0 Å². The van der Waals surface area contributed by atoms with Crippen molar-refractivity contribution in [1.82, 2.24) is 0 Å². The maximum atomic E-state index is 11.5. The minimum atomic E-state index is -0.717. The summed E-state index contributed by atoms with van der Waals surface area (Å²) in [5, 5.41) is 0. The van der Waals surface area contributed by atoms with Gasteiger partial charge in [-0.3, -0.25) is 9.59 Å². The van der Waals surface area contributed by atoms with Crippen LogP contribution in [-0.2, 0) is 19.1 Å². The molecule has 0 saturated carbocycles. The second kappa shape index (κ2) is 3.33. The van der Waals surface area contributed by atoms with E-state index in [1.807, 2.05) is 30.3 Å². The van der Waals surface area contributed by atoms with Crippen molar-refractivity contribution in [2.75, 3.05) is 6.61 Å². The Kier molecular flexibility index (Phi) is 1.96. The molecule has 16 heavy (non-hydrogen) atoms. The summed E-state index contributed by atoms with van der Waals surface area (Å²) in [5.74, 6) is -1.79. The van der Waals surface area contributed by atoms with E-state index < -0.39 is 17.9 Å². The Morgan fingerprint density at radius 2 is 1.81 bits per heavy atom. The summed E-state index contributed by atoms with van der Waals surface area (Å²) in [4.78, 5) is 22.8. The van der Waals surface area contributed by atoms with Crippen LogP contribution in [0, 0.1) is 11.8 Å². The zero-order chi connectivity index (χ0) is 11.1. The SMILES string of the molecule is O=C1OC[C@H]2[C@@H]1C(=O)O[C@@H]2c1ccccc1. The number of ether oxygens (including phenoxy) is 2. The molecule has 2 heterocycles. The Labute approximate surface area is 92.2 Å². The monoisotopic (exact) mass is 218 g/mol. The summed E-state index contributed by atoms with van der Waals surface area (Å²) < 4.78 is 10.1. The fraction of sp³-hybridized carbons (Fsp3) is 0.333. The second-order valence-electron chi connectivity index (χ2n) is 4.04. The van der Waals surface area contributed by atoms with E-state index in [1.54, 1.807) is 0 Å². The van der Waals surface area contributed by atoms with Crippen molar-refractivity contribution in [2.24, 2.45) is 11.8 Å². The third kappa shape index (κ3) is 1.23. The van der Waals surface area contributed by atoms with Crippen LogP contribution in [0.15, 0.2) is 30.3 Å². The molecule has 0 N–H and O–H groups in total. The highest BCUT2D eigenvalue weighted by molar-refractivity contribution is 5.98. The normalized spacial score (nSPS) is 32.1. The Bertz CT molecular complexity index is 440.